The molecule has 14 N–H and O–H groups in total. The Morgan fingerprint density at radius 2 is 0.933 bits per heavy atom. The van der Waals surface area contributed by atoms with Gasteiger partial charge in [0.1, 0.15) is 34.4 Å². The zero-order valence-corrected chi connectivity index (χ0v) is 49.3. The fourth-order valence-electron chi connectivity index (χ4n) is 7.48. The van der Waals surface area contributed by atoms with Crippen molar-refractivity contribution < 1.29 is 68.8 Å². The lowest BCUT2D eigenvalue weighted by molar-refractivity contribution is -0.485. The number of carbonyl (C=O) groups is 8. The summed E-state index contributed by atoms with van der Waals surface area (Å²) in [5.41, 5.74) is 18.8. The van der Waals surface area contributed by atoms with Gasteiger partial charge in [-0.05, 0) is 74.9 Å². The van der Waals surface area contributed by atoms with Gasteiger partial charge in [-0.2, -0.15) is 0 Å². The molecule has 0 spiro atoms. The molecule has 4 aromatic carbocycles. The predicted octanol–water partition coefficient (Wildman–Crippen LogP) is 1.83. The van der Waals surface area contributed by atoms with E-state index in [4.69, 9.17) is 33.2 Å². The van der Waals surface area contributed by atoms with E-state index in [1.807, 2.05) is 24.3 Å². The molecule has 0 aliphatic heterocycles. The van der Waals surface area contributed by atoms with Crippen molar-refractivity contribution in [1.82, 2.24) is 37.2 Å². The van der Waals surface area contributed by atoms with E-state index in [9.17, 15) is 63.0 Å². The molecule has 0 bridgehead atoms. The van der Waals surface area contributed by atoms with Crippen molar-refractivity contribution in [3.8, 4) is 0 Å². The molecule has 0 saturated carbocycles. The number of carbonyl (C=O) groups excluding carboxylic acids is 7. The van der Waals surface area contributed by atoms with Gasteiger partial charge in [-0.3, -0.25) is 38.0 Å². The maximum absolute atomic E-state index is 13.4. The summed E-state index contributed by atoms with van der Waals surface area (Å²) in [7, 11) is -1.00. The van der Waals surface area contributed by atoms with Crippen molar-refractivity contribution in [2.24, 2.45) is 27.4 Å². The number of aromatic carboxylic acids is 1. The van der Waals surface area contributed by atoms with E-state index in [2.05, 4.69) is 60.6 Å². The lowest BCUT2D eigenvalue weighted by Crippen LogP contribution is -2.57. The first-order valence-corrected chi connectivity index (χ1v) is 27.3. The summed E-state index contributed by atoms with van der Waals surface area (Å²) < 4.78 is 26.2. The number of nitrogens with one attached hydrogen (secondary N) is 7. The van der Waals surface area contributed by atoms with Gasteiger partial charge in [0.2, 0.25) is 23.6 Å². The number of halogens is 1. The molecule has 5 amide bonds. The minimum Gasteiger partial charge on any atom is -0.478 e. The number of hydrazone groups is 2. The van der Waals surface area contributed by atoms with Gasteiger partial charge in [0.25, 0.3) is 17.8 Å². The van der Waals surface area contributed by atoms with Crippen LogP contribution >= 0.6 is 0 Å². The van der Waals surface area contributed by atoms with Crippen molar-refractivity contribution in [2.75, 3.05) is 46.7 Å². The van der Waals surface area contributed by atoms with Crippen molar-refractivity contribution >= 4 is 59.0 Å². The van der Waals surface area contributed by atoms with Crippen LogP contribution in [-0.2, 0) is 51.1 Å². The van der Waals surface area contributed by atoms with Gasteiger partial charge >= 0.3 is 5.97 Å². The molecule has 30 heteroatoms. The lowest BCUT2D eigenvalue weighted by Gasteiger charge is -2.25. The van der Waals surface area contributed by atoms with E-state index in [1.54, 1.807) is 97.1 Å². The van der Waals surface area contributed by atoms with Crippen LogP contribution in [0, 0.1) is 20.2 Å². The number of ether oxygens (including phenoxy) is 2. The van der Waals surface area contributed by atoms with E-state index in [0.717, 1.165) is 11.1 Å². The molecule has 0 aliphatic rings. The van der Waals surface area contributed by atoms with Crippen LogP contribution in [0.15, 0.2) is 157 Å². The monoisotopic (exact) mass is 1240 g/mol. The molecule has 0 saturated heterocycles. The Bertz CT molecular complexity index is 2960. The van der Waals surface area contributed by atoms with E-state index >= 15 is 0 Å². The summed E-state index contributed by atoms with van der Waals surface area (Å²) in [4.78, 5) is 121. The largest absolute Gasteiger partial charge is 0.478 e. The summed E-state index contributed by atoms with van der Waals surface area (Å²) in [6, 6.07) is 28.7. The SMILES string of the molecule is C=CCOC[C@H](N)C(=O)N[C@H](Cc1ccccc1)C(=O)N[C@@H](CCCN/C(N)=N/[N+](=O)[O-])C(C)=O.C=CCOC[C@H](NC(=O)c1ccccc1)C(=O)N[C@H](Cc1ccccc1)C(=O)N[C@@H](CCCN/C(N)=N/[N+](=O)[O-])C(C)=O.O=C(O)c1ccccc1.[2H]CF. The number of nitro groups is 2. The highest BCUT2D eigenvalue weighted by molar-refractivity contribution is 5.99. The Labute approximate surface area is 515 Å². The third-order valence-electron chi connectivity index (χ3n) is 11.8. The molecule has 0 unspecified atom stereocenters. The summed E-state index contributed by atoms with van der Waals surface area (Å²) >= 11 is 0. The third-order valence-corrected chi connectivity index (χ3v) is 11.8. The van der Waals surface area contributed by atoms with E-state index in [0.29, 0.717) is 24.0 Å². The molecule has 4 rings (SSSR count). The molecule has 29 nitrogen and oxygen atoms in total. The molecule has 0 aromatic heterocycles. The molecule has 0 aliphatic carbocycles. The first-order chi connectivity index (χ1) is 43.0. The second-order valence-corrected chi connectivity index (χ2v) is 18.8. The first-order valence-electron chi connectivity index (χ1n) is 28.0. The Balaban J connectivity index is 0.000000768. The van der Waals surface area contributed by atoms with Crippen LogP contribution in [-0.4, -0.2) is 157 Å². The summed E-state index contributed by atoms with van der Waals surface area (Å²) in [5.74, 6) is -5.13. The smallest absolute Gasteiger partial charge is 0.335 e. The average Bonchev–Trinajstić information content (AvgIpc) is 1.91. The molecule has 89 heavy (non-hydrogen) atoms. The number of hydrogen-bond acceptors (Lipinski definition) is 15. The van der Waals surface area contributed by atoms with Gasteiger partial charge in [0.15, 0.2) is 21.6 Å². The number of carboxylic acid groups (broad SMARTS) is 1. The standard InChI is InChI=1S/C29H37N7O7.C22H33N7O6.C7H6O2.CH3F/c1-3-17-43-19-25(34-26(38)22-13-8-5-9-14-22)28(40)33-24(18-21-11-6-4-7-12-21)27(39)32-23(20(2)37)15-10-16-31-29(30)35-36(41)42;1-3-12-35-14-17(23)20(31)27-19(13-16-8-5-4-6-9-16)21(32)26-18(15(2)30)10-7-11-25-22(24)28-29(33)34;8-7(9)6-4-2-1-3-5-6;1-2/h3-9,11-14,23-25H,1,10,15-19H2,2H3,(H,32,39)(H,33,40)(H,34,38)(H3,30,31,35);3-6,8-9,17-19H,1,7,10-14,23H2,2H3,(H,26,32)(H,27,31)(H3,24,25,28);1-5H,(H,8,9);1H3/t23-,24+,25-;17-,18-,19+;;/m00../s1/i;;;1D. The number of amides is 5. The van der Waals surface area contributed by atoms with Gasteiger partial charge in [-0.15, -0.1) is 13.2 Å². The summed E-state index contributed by atoms with van der Waals surface area (Å²) in [6.45, 7) is 10.3. The number of ketones is 2. The maximum atomic E-state index is 13.4. The Morgan fingerprint density at radius 3 is 1.29 bits per heavy atom. The van der Waals surface area contributed by atoms with Gasteiger partial charge in [-0.1, -0.05) is 109 Å². The van der Waals surface area contributed by atoms with Crippen LogP contribution in [0.5, 0.6) is 0 Å². The van der Waals surface area contributed by atoms with Gasteiger partial charge in [0, 0.05) is 31.5 Å². The molecule has 0 fully saturated rings. The number of nitrogens with two attached hydrogens (primary N) is 3. The highest BCUT2D eigenvalue weighted by atomic mass is 19.1. The van der Waals surface area contributed by atoms with Gasteiger partial charge in [-0.25, -0.2) is 25.0 Å². The average molecular weight is 1240 g/mol. The fourth-order valence-corrected chi connectivity index (χ4v) is 7.48. The van der Waals surface area contributed by atoms with Crippen molar-refractivity contribution in [3.63, 3.8) is 0 Å². The van der Waals surface area contributed by atoms with Gasteiger partial charge < -0.3 is 69.0 Å². The van der Waals surface area contributed by atoms with E-state index in [1.165, 1.54) is 26.0 Å². The van der Waals surface area contributed by atoms with Crippen LogP contribution in [0.3, 0.4) is 0 Å². The molecular weight excluding hydrogens is 1160 g/mol. The Hall–Kier alpha value is -10.3. The maximum Gasteiger partial charge on any atom is 0.335 e. The number of Topliss-reactive ketones (excluding diaryl/α,β-unsaturated/α-hetero) is 2. The summed E-state index contributed by atoms with van der Waals surface area (Å²) in [5, 5.41) is 51.5. The van der Waals surface area contributed by atoms with Crippen LogP contribution in [0.4, 0.5) is 4.39 Å². The molecular formula is C59H79FN14O15. The van der Waals surface area contributed by atoms with Crippen LogP contribution in [0.1, 0.15) is 72.7 Å². The fraction of sp³-hybridized carbons (Fsp3) is 0.356. The number of benzene rings is 4. The number of nitrogens with zero attached hydrogens (tertiary/aromatic N) is 4. The van der Waals surface area contributed by atoms with Crippen molar-refractivity contribution in [3.05, 3.63) is 189 Å². The Morgan fingerprint density at radius 1 is 0.584 bits per heavy atom. The lowest BCUT2D eigenvalue weighted by atomic mass is 10.0. The van der Waals surface area contributed by atoms with E-state index in [-0.39, 0.29) is 88.7 Å². The van der Waals surface area contributed by atoms with Crippen LogP contribution in [0.2, 0.25) is 0 Å². The number of carboxylic acids is 1. The highest BCUT2D eigenvalue weighted by Gasteiger charge is 2.31. The quantitative estimate of drug-likeness (QED) is 0.00781. The zero-order valence-electron chi connectivity index (χ0n) is 50.3. The van der Waals surface area contributed by atoms with Crippen LogP contribution < -0.4 is 54.4 Å². The Kier molecular flexibility index (Phi) is 37.8. The third kappa shape index (κ3) is 34.4. The topological polar surface area (TPSA) is 449 Å². The molecule has 0 heterocycles. The van der Waals surface area contributed by atoms with Crippen molar-refractivity contribution in [1.29, 1.82) is 0 Å². The molecule has 4 aromatic rings. The van der Waals surface area contributed by atoms with Crippen LogP contribution in [0.25, 0.3) is 0 Å². The second kappa shape index (κ2) is 45.1. The summed E-state index contributed by atoms with van der Waals surface area (Å²) in [6.07, 6.45) is 4.42. The molecule has 6 atom stereocenters. The number of hydrogen-bond donors (Lipinski definition) is 11. The minimum atomic E-state index is -1.14. The first kappa shape index (κ1) is 74.8. The van der Waals surface area contributed by atoms with Crippen molar-refractivity contribution in [2.45, 2.75) is 88.6 Å². The number of rotatable bonds is 35. The number of guanidine groups is 2. The zero-order chi connectivity index (χ0) is 67.2. The number of alkyl halides is 1. The van der Waals surface area contributed by atoms with E-state index < -0.39 is 89.0 Å². The van der Waals surface area contributed by atoms with Gasteiger partial charge in [0.05, 0.1) is 52.6 Å². The minimum absolute atomic E-state index is 0.0521. The highest BCUT2D eigenvalue weighted by Crippen LogP contribution is 2.10. The second-order valence-electron chi connectivity index (χ2n) is 18.8. The molecule has 0 radical (unpaired) electrons. The predicted molar refractivity (Wildman–Crippen MR) is 329 cm³/mol. The normalized spacial score (nSPS) is 12.8. The molecule has 482 valence electrons.